The van der Waals surface area contributed by atoms with Crippen molar-refractivity contribution in [2.75, 3.05) is 19.1 Å². The molecular formula is C10H21ClO. The molecule has 0 aliphatic heterocycles. The molecular weight excluding hydrogens is 172 g/mol. The highest BCUT2D eigenvalue weighted by Crippen LogP contribution is 2.02. The summed E-state index contributed by atoms with van der Waals surface area (Å²) in [7, 11) is 0. The molecule has 0 aliphatic rings. The largest absolute Gasteiger partial charge is 0.381 e. The maximum absolute atomic E-state index is 5.50. The van der Waals surface area contributed by atoms with Crippen molar-refractivity contribution in [3.05, 3.63) is 0 Å². The Bertz CT molecular complexity index is 66.2. The standard InChI is InChI=1S/C10H21ClO/c1-2-3-4-5-6-9-12-10-7-8-11/h2-10H2,1H3. The van der Waals surface area contributed by atoms with Crippen LogP contribution in [-0.2, 0) is 4.74 Å². The fraction of sp³-hybridized carbons (Fsp3) is 1.00. The van der Waals surface area contributed by atoms with Crippen LogP contribution in [0.15, 0.2) is 0 Å². The van der Waals surface area contributed by atoms with Gasteiger partial charge >= 0.3 is 0 Å². The van der Waals surface area contributed by atoms with Crippen molar-refractivity contribution < 1.29 is 4.74 Å². The molecule has 74 valence electrons. The van der Waals surface area contributed by atoms with Crippen LogP contribution in [0.1, 0.15) is 45.4 Å². The van der Waals surface area contributed by atoms with E-state index in [1.807, 2.05) is 0 Å². The van der Waals surface area contributed by atoms with Crippen molar-refractivity contribution in [2.45, 2.75) is 45.4 Å². The van der Waals surface area contributed by atoms with Crippen molar-refractivity contribution in [3.8, 4) is 0 Å². The van der Waals surface area contributed by atoms with E-state index in [1.54, 1.807) is 0 Å². The molecule has 0 saturated carbocycles. The summed E-state index contributed by atoms with van der Waals surface area (Å²) in [6, 6.07) is 0. The predicted molar refractivity (Wildman–Crippen MR) is 54.9 cm³/mol. The Hall–Kier alpha value is 0.250. The van der Waals surface area contributed by atoms with Crippen molar-refractivity contribution in [3.63, 3.8) is 0 Å². The summed E-state index contributed by atoms with van der Waals surface area (Å²) in [5, 5.41) is 0. The average Bonchev–Trinajstić information content (AvgIpc) is 2.10. The number of hydrogen-bond donors (Lipinski definition) is 0. The lowest BCUT2D eigenvalue weighted by atomic mass is 10.2. The topological polar surface area (TPSA) is 9.23 Å². The minimum atomic E-state index is 0.718. The third-order valence-corrected chi connectivity index (χ3v) is 2.08. The summed E-state index contributed by atoms with van der Waals surface area (Å²) in [5.41, 5.74) is 0. The summed E-state index contributed by atoms with van der Waals surface area (Å²) in [6.07, 6.45) is 7.54. The zero-order valence-electron chi connectivity index (χ0n) is 8.15. The molecule has 0 fully saturated rings. The van der Waals surface area contributed by atoms with Gasteiger partial charge in [-0.3, -0.25) is 0 Å². The Balaban J connectivity index is 2.73. The summed E-state index contributed by atoms with van der Waals surface area (Å²) in [5.74, 6) is 0.718. The molecule has 0 aromatic carbocycles. The van der Waals surface area contributed by atoms with E-state index in [9.17, 15) is 0 Å². The van der Waals surface area contributed by atoms with Crippen molar-refractivity contribution >= 4 is 11.6 Å². The summed E-state index contributed by atoms with van der Waals surface area (Å²) < 4.78 is 5.37. The number of ether oxygens (including phenoxy) is 1. The van der Waals surface area contributed by atoms with Gasteiger partial charge < -0.3 is 4.74 Å². The zero-order valence-corrected chi connectivity index (χ0v) is 8.91. The quantitative estimate of drug-likeness (QED) is 0.401. The summed E-state index contributed by atoms with van der Waals surface area (Å²) in [6.45, 7) is 3.98. The molecule has 0 amide bonds. The van der Waals surface area contributed by atoms with Gasteiger partial charge in [-0.25, -0.2) is 0 Å². The highest BCUT2D eigenvalue weighted by Gasteiger charge is 1.89. The van der Waals surface area contributed by atoms with Gasteiger partial charge in [-0.15, -0.1) is 11.6 Å². The molecule has 0 aromatic heterocycles. The van der Waals surface area contributed by atoms with Crippen LogP contribution in [0.2, 0.25) is 0 Å². The van der Waals surface area contributed by atoms with Gasteiger partial charge in [-0.05, 0) is 12.8 Å². The Morgan fingerprint density at radius 3 is 2.25 bits per heavy atom. The Labute approximate surface area is 81.4 Å². The first-order valence-electron chi connectivity index (χ1n) is 5.05. The van der Waals surface area contributed by atoms with E-state index in [0.29, 0.717) is 0 Å². The molecule has 0 aromatic rings. The molecule has 1 nitrogen and oxygen atoms in total. The average molecular weight is 193 g/mol. The fourth-order valence-corrected chi connectivity index (χ4v) is 1.18. The molecule has 0 spiro atoms. The van der Waals surface area contributed by atoms with Gasteiger partial charge in [0.2, 0.25) is 0 Å². The molecule has 0 aliphatic carbocycles. The van der Waals surface area contributed by atoms with Crippen molar-refractivity contribution in [1.29, 1.82) is 0 Å². The SMILES string of the molecule is CCCCCCCOCCCCl. The maximum Gasteiger partial charge on any atom is 0.0477 e. The summed E-state index contributed by atoms with van der Waals surface area (Å²) in [4.78, 5) is 0. The minimum absolute atomic E-state index is 0.718. The molecule has 0 atom stereocenters. The minimum Gasteiger partial charge on any atom is -0.381 e. The number of halogens is 1. The van der Waals surface area contributed by atoms with Crippen LogP contribution < -0.4 is 0 Å². The van der Waals surface area contributed by atoms with E-state index in [0.717, 1.165) is 25.5 Å². The second kappa shape index (κ2) is 11.2. The summed E-state index contributed by atoms with van der Waals surface area (Å²) >= 11 is 5.50. The highest BCUT2D eigenvalue weighted by molar-refractivity contribution is 6.17. The first-order chi connectivity index (χ1) is 5.91. The van der Waals surface area contributed by atoms with Crippen LogP contribution in [0.4, 0.5) is 0 Å². The number of rotatable bonds is 9. The van der Waals surface area contributed by atoms with Crippen LogP contribution in [0.25, 0.3) is 0 Å². The van der Waals surface area contributed by atoms with E-state index in [2.05, 4.69) is 6.92 Å². The molecule has 12 heavy (non-hydrogen) atoms. The first kappa shape index (κ1) is 12.2. The molecule has 0 bridgehead atoms. The number of hydrogen-bond acceptors (Lipinski definition) is 1. The van der Waals surface area contributed by atoms with Crippen LogP contribution in [0.3, 0.4) is 0 Å². The van der Waals surface area contributed by atoms with Crippen LogP contribution in [-0.4, -0.2) is 19.1 Å². The molecule has 0 unspecified atom stereocenters. The second-order valence-corrected chi connectivity index (χ2v) is 3.45. The first-order valence-corrected chi connectivity index (χ1v) is 5.59. The van der Waals surface area contributed by atoms with Crippen molar-refractivity contribution in [1.82, 2.24) is 0 Å². The van der Waals surface area contributed by atoms with Gasteiger partial charge in [0.05, 0.1) is 0 Å². The second-order valence-electron chi connectivity index (χ2n) is 3.07. The van der Waals surface area contributed by atoms with Crippen LogP contribution >= 0.6 is 11.6 Å². The third kappa shape index (κ3) is 10.2. The van der Waals surface area contributed by atoms with Crippen LogP contribution in [0.5, 0.6) is 0 Å². The third-order valence-electron chi connectivity index (χ3n) is 1.81. The van der Waals surface area contributed by atoms with E-state index >= 15 is 0 Å². The van der Waals surface area contributed by atoms with Gasteiger partial charge in [0.15, 0.2) is 0 Å². The van der Waals surface area contributed by atoms with E-state index in [4.69, 9.17) is 16.3 Å². The van der Waals surface area contributed by atoms with Gasteiger partial charge in [-0.1, -0.05) is 32.6 Å². The number of unbranched alkanes of at least 4 members (excludes halogenated alkanes) is 4. The van der Waals surface area contributed by atoms with Gasteiger partial charge in [0.1, 0.15) is 0 Å². The van der Waals surface area contributed by atoms with E-state index in [-0.39, 0.29) is 0 Å². The van der Waals surface area contributed by atoms with Gasteiger partial charge in [-0.2, -0.15) is 0 Å². The number of alkyl halides is 1. The maximum atomic E-state index is 5.50. The highest BCUT2D eigenvalue weighted by atomic mass is 35.5. The Kier molecular flexibility index (Phi) is 11.5. The normalized spacial score (nSPS) is 10.5. The Morgan fingerprint density at radius 2 is 1.58 bits per heavy atom. The van der Waals surface area contributed by atoms with E-state index in [1.165, 1.54) is 32.1 Å². The smallest absolute Gasteiger partial charge is 0.0477 e. The van der Waals surface area contributed by atoms with Crippen LogP contribution in [0, 0.1) is 0 Å². The van der Waals surface area contributed by atoms with Gasteiger partial charge in [0.25, 0.3) is 0 Å². The molecule has 0 saturated heterocycles. The lowest BCUT2D eigenvalue weighted by Gasteiger charge is -2.01. The monoisotopic (exact) mass is 192 g/mol. The Morgan fingerprint density at radius 1 is 0.917 bits per heavy atom. The molecule has 0 radical (unpaired) electrons. The lowest BCUT2D eigenvalue weighted by Crippen LogP contribution is -1.97. The molecule has 0 N–H and O–H groups in total. The zero-order chi connectivity index (χ0) is 9.07. The molecule has 2 heteroatoms. The fourth-order valence-electron chi connectivity index (χ4n) is 1.07. The predicted octanol–water partition coefficient (Wildman–Crippen LogP) is 3.60. The van der Waals surface area contributed by atoms with Crippen molar-refractivity contribution in [2.24, 2.45) is 0 Å². The molecule has 0 heterocycles. The lowest BCUT2D eigenvalue weighted by molar-refractivity contribution is 0.131. The van der Waals surface area contributed by atoms with E-state index < -0.39 is 0 Å². The van der Waals surface area contributed by atoms with Gasteiger partial charge in [0, 0.05) is 19.1 Å². The molecule has 0 rings (SSSR count).